The van der Waals surface area contributed by atoms with Crippen molar-refractivity contribution in [3.63, 3.8) is 0 Å². The molecule has 0 aliphatic rings. The number of hydrogen-bond acceptors (Lipinski definition) is 2. The van der Waals surface area contributed by atoms with Gasteiger partial charge in [0.1, 0.15) is 0 Å². The number of hydrogen-bond donors (Lipinski definition) is 1. The van der Waals surface area contributed by atoms with E-state index in [9.17, 15) is 4.79 Å². The quantitative estimate of drug-likeness (QED) is 0.246. The Hall–Kier alpha value is -1.22. The van der Waals surface area contributed by atoms with E-state index in [1.165, 1.54) is 55.6 Å². The zero-order valence-electron chi connectivity index (χ0n) is 14.1. The Kier molecular flexibility index (Phi) is 11.4. The summed E-state index contributed by atoms with van der Waals surface area (Å²) in [5.74, 6) is 0.368. The third-order valence-electron chi connectivity index (χ3n) is 3.94. The van der Waals surface area contributed by atoms with Crippen LogP contribution in [0.25, 0.3) is 0 Å². The number of carboxylic acids is 1. The lowest BCUT2D eigenvalue weighted by molar-refractivity contribution is -0.132. The molecule has 0 bridgehead atoms. The van der Waals surface area contributed by atoms with Gasteiger partial charge >= 0.3 is 5.97 Å². The predicted molar refractivity (Wildman–Crippen MR) is 100 cm³/mol. The monoisotopic (exact) mass is 334 g/mol. The molecule has 1 aromatic carbocycles. The molecule has 0 saturated carbocycles. The molecule has 1 aromatic rings. The third kappa shape index (κ3) is 11.0. The first-order valence-corrected chi connectivity index (χ1v) is 9.77. The van der Waals surface area contributed by atoms with Crippen LogP contribution in [0, 0.1) is 0 Å². The van der Waals surface area contributed by atoms with Gasteiger partial charge in [-0.15, -0.1) is 11.8 Å². The highest BCUT2D eigenvalue weighted by Gasteiger charge is 2.02. The summed E-state index contributed by atoms with van der Waals surface area (Å²) in [6.07, 6.45) is 11.8. The molecule has 0 amide bonds. The van der Waals surface area contributed by atoms with Crippen molar-refractivity contribution in [2.75, 3.05) is 5.75 Å². The third-order valence-corrected chi connectivity index (χ3v) is 5.04. The zero-order valence-corrected chi connectivity index (χ0v) is 15.0. The fourth-order valence-electron chi connectivity index (χ4n) is 2.49. The molecule has 1 N–H and O–H groups in total. The average molecular weight is 335 g/mol. The molecule has 0 aromatic heterocycles. The second-order valence-corrected chi connectivity index (χ2v) is 7.17. The first-order chi connectivity index (χ1) is 11.2. The minimum Gasteiger partial charge on any atom is -0.478 e. The molecule has 0 heterocycles. The van der Waals surface area contributed by atoms with E-state index in [0.29, 0.717) is 12.0 Å². The van der Waals surface area contributed by atoms with Crippen LogP contribution in [-0.2, 0) is 4.79 Å². The van der Waals surface area contributed by atoms with Crippen molar-refractivity contribution < 1.29 is 9.90 Å². The number of aliphatic carboxylic acids is 1. The van der Waals surface area contributed by atoms with Gasteiger partial charge in [-0.05, 0) is 37.1 Å². The summed E-state index contributed by atoms with van der Waals surface area (Å²) in [4.78, 5) is 12.0. The van der Waals surface area contributed by atoms with E-state index < -0.39 is 5.97 Å². The summed E-state index contributed by atoms with van der Waals surface area (Å²) in [5.41, 5.74) is 0.346. The minimum absolute atomic E-state index is 0.346. The molecule has 0 radical (unpaired) electrons. The van der Waals surface area contributed by atoms with Gasteiger partial charge in [0.15, 0.2) is 0 Å². The highest BCUT2D eigenvalue weighted by atomic mass is 32.2. The van der Waals surface area contributed by atoms with Crippen LogP contribution in [0.15, 0.2) is 47.4 Å². The average Bonchev–Trinajstić information content (AvgIpc) is 2.56. The van der Waals surface area contributed by atoms with Crippen LogP contribution in [-0.4, -0.2) is 16.8 Å². The zero-order chi connectivity index (χ0) is 16.8. The van der Waals surface area contributed by atoms with Gasteiger partial charge in [0.05, 0.1) is 0 Å². The van der Waals surface area contributed by atoms with E-state index in [1.807, 2.05) is 11.8 Å². The molecule has 3 heteroatoms. The predicted octanol–water partition coefficient (Wildman–Crippen LogP) is 6.32. The Morgan fingerprint density at radius 3 is 1.96 bits per heavy atom. The number of rotatable bonds is 14. The van der Waals surface area contributed by atoms with Crippen LogP contribution < -0.4 is 0 Å². The van der Waals surface area contributed by atoms with Gasteiger partial charge in [0.25, 0.3) is 0 Å². The fourth-order valence-corrected chi connectivity index (χ4v) is 3.43. The highest BCUT2D eigenvalue weighted by Crippen LogP contribution is 2.19. The first-order valence-electron chi connectivity index (χ1n) is 8.79. The molecular formula is C20H30O2S. The van der Waals surface area contributed by atoms with Crippen molar-refractivity contribution >= 4 is 17.7 Å². The molecule has 128 valence electrons. The lowest BCUT2D eigenvalue weighted by atomic mass is 10.0. The first kappa shape index (κ1) is 19.8. The second-order valence-electron chi connectivity index (χ2n) is 6.00. The molecule has 0 aliphatic heterocycles. The number of thioether (sulfide) groups is 1. The number of carboxylic acid groups (broad SMARTS) is 1. The van der Waals surface area contributed by atoms with E-state index in [1.54, 1.807) is 0 Å². The van der Waals surface area contributed by atoms with Crippen molar-refractivity contribution in [3.05, 3.63) is 42.5 Å². The van der Waals surface area contributed by atoms with E-state index >= 15 is 0 Å². The molecule has 0 saturated heterocycles. The van der Waals surface area contributed by atoms with E-state index in [4.69, 9.17) is 5.11 Å². The highest BCUT2D eigenvalue weighted by molar-refractivity contribution is 7.99. The van der Waals surface area contributed by atoms with E-state index in [0.717, 1.165) is 12.8 Å². The molecule has 23 heavy (non-hydrogen) atoms. The van der Waals surface area contributed by atoms with Crippen molar-refractivity contribution in [2.45, 2.75) is 69.1 Å². The standard InChI is InChI=1S/C20H30O2S/c1-18(20(21)22)14-10-7-5-3-2-4-6-8-13-17-23-19-15-11-9-12-16-19/h9,11-12,15-16H,1-8,10,13-14,17H2,(H,21,22). The topological polar surface area (TPSA) is 37.3 Å². The van der Waals surface area contributed by atoms with E-state index in [2.05, 4.69) is 36.9 Å². The van der Waals surface area contributed by atoms with Crippen molar-refractivity contribution in [1.29, 1.82) is 0 Å². The van der Waals surface area contributed by atoms with Crippen molar-refractivity contribution in [2.24, 2.45) is 0 Å². The smallest absolute Gasteiger partial charge is 0.330 e. The summed E-state index contributed by atoms with van der Waals surface area (Å²) in [6, 6.07) is 10.6. The maximum absolute atomic E-state index is 10.6. The van der Waals surface area contributed by atoms with Crippen molar-refractivity contribution in [1.82, 2.24) is 0 Å². The largest absolute Gasteiger partial charge is 0.478 e. The Morgan fingerprint density at radius 2 is 1.39 bits per heavy atom. The van der Waals surface area contributed by atoms with Gasteiger partial charge < -0.3 is 5.11 Å². The van der Waals surface area contributed by atoms with Crippen LogP contribution in [0.2, 0.25) is 0 Å². The summed E-state index contributed by atoms with van der Waals surface area (Å²) >= 11 is 1.95. The Morgan fingerprint density at radius 1 is 0.870 bits per heavy atom. The Labute approximate surface area is 145 Å². The maximum Gasteiger partial charge on any atom is 0.330 e. The lowest BCUT2D eigenvalue weighted by Gasteiger charge is -2.03. The van der Waals surface area contributed by atoms with Gasteiger partial charge in [-0.25, -0.2) is 4.79 Å². The Bertz CT molecular complexity index is 442. The van der Waals surface area contributed by atoms with Gasteiger partial charge in [0.2, 0.25) is 0 Å². The van der Waals surface area contributed by atoms with Gasteiger partial charge in [-0.1, -0.05) is 69.7 Å². The molecule has 0 unspecified atom stereocenters. The molecular weight excluding hydrogens is 304 g/mol. The summed E-state index contributed by atoms with van der Waals surface area (Å²) < 4.78 is 0. The van der Waals surface area contributed by atoms with Crippen LogP contribution in [0.5, 0.6) is 0 Å². The van der Waals surface area contributed by atoms with Crippen LogP contribution in [0.1, 0.15) is 64.2 Å². The maximum atomic E-state index is 10.6. The number of unbranched alkanes of at least 4 members (excludes halogenated alkanes) is 8. The SMILES string of the molecule is C=C(CCCCCCCCCCCSc1ccccc1)C(=O)O. The van der Waals surface area contributed by atoms with Crippen molar-refractivity contribution in [3.8, 4) is 0 Å². The van der Waals surface area contributed by atoms with Crippen LogP contribution in [0.3, 0.4) is 0 Å². The normalized spacial score (nSPS) is 10.6. The summed E-state index contributed by atoms with van der Waals surface area (Å²) in [7, 11) is 0. The van der Waals surface area contributed by atoms with Gasteiger partial charge in [0, 0.05) is 10.5 Å². The lowest BCUT2D eigenvalue weighted by Crippen LogP contribution is -1.98. The molecule has 1 rings (SSSR count). The van der Waals surface area contributed by atoms with Gasteiger partial charge in [-0.3, -0.25) is 0 Å². The Balaban J connectivity index is 1.80. The molecule has 2 nitrogen and oxygen atoms in total. The summed E-state index contributed by atoms with van der Waals surface area (Å²) in [6.45, 7) is 3.56. The van der Waals surface area contributed by atoms with Gasteiger partial charge in [-0.2, -0.15) is 0 Å². The van der Waals surface area contributed by atoms with Crippen LogP contribution in [0.4, 0.5) is 0 Å². The fraction of sp³-hybridized carbons (Fsp3) is 0.550. The number of benzene rings is 1. The molecule has 0 atom stereocenters. The number of carbonyl (C=O) groups is 1. The van der Waals surface area contributed by atoms with Crippen LogP contribution >= 0.6 is 11.8 Å². The molecule has 0 spiro atoms. The van der Waals surface area contributed by atoms with E-state index in [-0.39, 0.29) is 0 Å². The minimum atomic E-state index is -0.851. The molecule has 0 fully saturated rings. The second kappa shape index (κ2) is 13.2. The molecule has 0 aliphatic carbocycles. The summed E-state index contributed by atoms with van der Waals surface area (Å²) in [5, 5.41) is 8.71.